The van der Waals surface area contributed by atoms with Crippen LogP contribution in [0.25, 0.3) is 0 Å². The number of hydrogen-bond acceptors (Lipinski definition) is 1. The first-order valence-corrected chi connectivity index (χ1v) is 5.29. The molecule has 0 aliphatic carbocycles. The van der Waals surface area contributed by atoms with Crippen molar-refractivity contribution in [3.8, 4) is 0 Å². The maximum absolute atomic E-state index is 10.2. The van der Waals surface area contributed by atoms with Crippen molar-refractivity contribution in [1.82, 2.24) is 0 Å². The first kappa shape index (κ1) is 11.8. The summed E-state index contributed by atoms with van der Waals surface area (Å²) in [6.45, 7) is 5.70. The lowest BCUT2D eigenvalue weighted by atomic mass is 9.85. The van der Waals surface area contributed by atoms with Crippen molar-refractivity contribution in [3.63, 3.8) is 0 Å². The lowest BCUT2D eigenvalue weighted by Gasteiger charge is -2.28. The average Bonchev–Trinajstić information content (AvgIpc) is 2.09. The van der Waals surface area contributed by atoms with E-state index in [1.807, 2.05) is 13.8 Å². The Bertz CT molecular complexity index is 332. The molecule has 0 radical (unpaired) electrons. The highest BCUT2D eigenvalue weighted by atomic mass is 35.5. The summed E-state index contributed by atoms with van der Waals surface area (Å²) in [6, 6.07) is 5.22. The molecule has 1 unspecified atom stereocenters. The fourth-order valence-corrected chi connectivity index (χ4v) is 1.44. The molecular weight excluding hydrogens is 219 g/mol. The molecule has 0 aliphatic rings. The Balaban J connectivity index is 3.14. The SMILES string of the molecule is CC(C)C(C)(O)c1ccc(Cl)c(Cl)c1. The van der Waals surface area contributed by atoms with Crippen LogP contribution >= 0.6 is 23.2 Å². The Morgan fingerprint density at radius 2 is 1.79 bits per heavy atom. The summed E-state index contributed by atoms with van der Waals surface area (Å²) in [7, 11) is 0. The van der Waals surface area contributed by atoms with Crippen molar-refractivity contribution in [2.45, 2.75) is 26.4 Å². The monoisotopic (exact) mass is 232 g/mol. The largest absolute Gasteiger partial charge is 0.385 e. The van der Waals surface area contributed by atoms with Crippen molar-refractivity contribution in [2.75, 3.05) is 0 Å². The first-order valence-electron chi connectivity index (χ1n) is 4.53. The highest BCUT2D eigenvalue weighted by molar-refractivity contribution is 6.42. The van der Waals surface area contributed by atoms with E-state index in [4.69, 9.17) is 23.2 Å². The van der Waals surface area contributed by atoms with Gasteiger partial charge in [0.2, 0.25) is 0 Å². The number of halogens is 2. The van der Waals surface area contributed by atoms with Gasteiger partial charge in [0.25, 0.3) is 0 Å². The first-order chi connectivity index (χ1) is 6.35. The van der Waals surface area contributed by atoms with Crippen LogP contribution < -0.4 is 0 Å². The second-order valence-corrected chi connectivity index (χ2v) is 4.75. The molecule has 0 saturated carbocycles. The van der Waals surface area contributed by atoms with E-state index >= 15 is 0 Å². The van der Waals surface area contributed by atoms with Gasteiger partial charge < -0.3 is 5.11 Å². The van der Waals surface area contributed by atoms with Crippen LogP contribution in [0.4, 0.5) is 0 Å². The summed E-state index contributed by atoms with van der Waals surface area (Å²) < 4.78 is 0. The summed E-state index contributed by atoms with van der Waals surface area (Å²) in [4.78, 5) is 0. The Hall–Kier alpha value is -0.240. The Morgan fingerprint density at radius 3 is 2.21 bits per heavy atom. The molecule has 1 aromatic rings. The third-order valence-electron chi connectivity index (χ3n) is 2.63. The van der Waals surface area contributed by atoms with Gasteiger partial charge in [0.1, 0.15) is 0 Å². The summed E-state index contributed by atoms with van der Waals surface area (Å²) >= 11 is 11.7. The van der Waals surface area contributed by atoms with Crippen molar-refractivity contribution in [3.05, 3.63) is 33.8 Å². The van der Waals surface area contributed by atoms with Gasteiger partial charge in [-0.25, -0.2) is 0 Å². The fourth-order valence-electron chi connectivity index (χ4n) is 1.14. The fraction of sp³-hybridized carbons (Fsp3) is 0.455. The second kappa shape index (κ2) is 4.09. The van der Waals surface area contributed by atoms with Gasteiger partial charge in [0, 0.05) is 0 Å². The van der Waals surface area contributed by atoms with Gasteiger partial charge in [-0.2, -0.15) is 0 Å². The zero-order chi connectivity index (χ0) is 10.9. The number of aliphatic hydroxyl groups is 1. The zero-order valence-corrected chi connectivity index (χ0v) is 10.0. The van der Waals surface area contributed by atoms with Crippen LogP contribution in [0.3, 0.4) is 0 Å². The third-order valence-corrected chi connectivity index (χ3v) is 3.37. The number of hydrogen-bond donors (Lipinski definition) is 1. The van der Waals surface area contributed by atoms with E-state index in [9.17, 15) is 5.11 Å². The topological polar surface area (TPSA) is 20.2 Å². The highest BCUT2D eigenvalue weighted by Gasteiger charge is 2.27. The van der Waals surface area contributed by atoms with Gasteiger partial charge in [-0.05, 0) is 30.5 Å². The maximum Gasteiger partial charge on any atom is 0.0891 e. The summed E-state index contributed by atoms with van der Waals surface area (Å²) in [5.41, 5.74) is -0.0734. The van der Waals surface area contributed by atoms with E-state index in [1.165, 1.54) is 0 Å². The average molecular weight is 233 g/mol. The van der Waals surface area contributed by atoms with Gasteiger partial charge in [0.15, 0.2) is 0 Å². The van der Waals surface area contributed by atoms with Gasteiger partial charge >= 0.3 is 0 Å². The standard InChI is InChI=1S/C11H14Cl2O/c1-7(2)11(3,14)8-4-5-9(12)10(13)6-8/h4-7,14H,1-3H3. The van der Waals surface area contributed by atoms with Crippen LogP contribution in [-0.4, -0.2) is 5.11 Å². The summed E-state index contributed by atoms with van der Waals surface area (Å²) in [5.74, 6) is 0.125. The van der Waals surface area contributed by atoms with Crippen molar-refractivity contribution in [2.24, 2.45) is 5.92 Å². The van der Waals surface area contributed by atoms with Crippen LogP contribution in [-0.2, 0) is 5.60 Å². The molecule has 0 aliphatic heterocycles. The molecule has 0 saturated heterocycles. The number of rotatable bonds is 2. The molecule has 0 heterocycles. The molecule has 1 atom stereocenters. The molecule has 0 fully saturated rings. The van der Waals surface area contributed by atoms with E-state index < -0.39 is 5.60 Å². The molecule has 1 nitrogen and oxygen atoms in total. The van der Waals surface area contributed by atoms with Crippen molar-refractivity contribution >= 4 is 23.2 Å². The lowest BCUT2D eigenvalue weighted by Crippen LogP contribution is -2.27. The van der Waals surface area contributed by atoms with E-state index in [1.54, 1.807) is 25.1 Å². The molecule has 1 aromatic carbocycles. The molecular formula is C11H14Cl2O. The molecule has 0 bridgehead atoms. The molecule has 1 N–H and O–H groups in total. The van der Waals surface area contributed by atoms with Gasteiger partial charge in [-0.3, -0.25) is 0 Å². The third kappa shape index (κ3) is 2.22. The highest BCUT2D eigenvalue weighted by Crippen LogP contribution is 2.32. The van der Waals surface area contributed by atoms with E-state index in [-0.39, 0.29) is 5.92 Å². The Kier molecular flexibility index (Phi) is 3.46. The molecule has 3 heteroatoms. The van der Waals surface area contributed by atoms with Crippen LogP contribution in [0, 0.1) is 5.92 Å². The Morgan fingerprint density at radius 1 is 1.21 bits per heavy atom. The Labute approximate surface area is 94.7 Å². The normalized spacial score (nSPS) is 15.6. The van der Waals surface area contributed by atoms with Crippen LogP contribution in [0.1, 0.15) is 26.3 Å². The van der Waals surface area contributed by atoms with Gasteiger partial charge in [-0.1, -0.05) is 43.1 Å². The molecule has 14 heavy (non-hydrogen) atoms. The molecule has 0 aromatic heterocycles. The molecule has 78 valence electrons. The van der Waals surface area contributed by atoms with Gasteiger partial charge in [0.05, 0.1) is 15.6 Å². The lowest BCUT2D eigenvalue weighted by molar-refractivity contribution is 0.00906. The van der Waals surface area contributed by atoms with Crippen molar-refractivity contribution in [1.29, 1.82) is 0 Å². The van der Waals surface area contributed by atoms with Crippen molar-refractivity contribution < 1.29 is 5.11 Å². The zero-order valence-electron chi connectivity index (χ0n) is 8.51. The molecule has 0 amide bonds. The maximum atomic E-state index is 10.2. The summed E-state index contributed by atoms with van der Waals surface area (Å²) in [6.07, 6.45) is 0. The molecule has 1 rings (SSSR count). The van der Waals surface area contributed by atoms with E-state index in [2.05, 4.69) is 0 Å². The minimum Gasteiger partial charge on any atom is -0.385 e. The summed E-state index contributed by atoms with van der Waals surface area (Å²) in [5, 5.41) is 11.2. The van der Waals surface area contributed by atoms with Crippen LogP contribution in [0.5, 0.6) is 0 Å². The van der Waals surface area contributed by atoms with Crippen LogP contribution in [0.15, 0.2) is 18.2 Å². The van der Waals surface area contributed by atoms with E-state index in [0.717, 1.165) is 5.56 Å². The minimum absolute atomic E-state index is 0.125. The minimum atomic E-state index is -0.867. The van der Waals surface area contributed by atoms with Gasteiger partial charge in [-0.15, -0.1) is 0 Å². The molecule has 0 spiro atoms. The number of benzene rings is 1. The van der Waals surface area contributed by atoms with Crippen LogP contribution in [0.2, 0.25) is 10.0 Å². The predicted octanol–water partition coefficient (Wildman–Crippen LogP) is 3.86. The quantitative estimate of drug-likeness (QED) is 0.822. The second-order valence-electron chi connectivity index (χ2n) is 3.93. The smallest absolute Gasteiger partial charge is 0.0891 e. The van der Waals surface area contributed by atoms with E-state index in [0.29, 0.717) is 10.0 Å². The predicted molar refractivity (Wildman–Crippen MR) is 60.9 cm³/mol.